The Balaban J connectivity index is 0.911. The van der Waals surface area contributed by atoms with E-state index in [-0.39, 0.29) is 53.4 Å². The SMILES string of the molecule is CCc1c2c(nc3ccc(OC)cc13)-c1cc3c(c(=O)n1C2)COC(=O)C3(CC)OC(=O)N1CCN(Cc2ccc(-n3c(O)nnc3-c3cc(C(C)C)c(O)cc3O)cc2)CC1. The number of aromatic nitrogens is 5. The third-order valence-electron chi connectivity index (χ3n) is 12.5. The molecule has 16 nitrogen and oxygen atoms in total. The number of ether oxygens (including phenoxy) is 3. The summed E-state index contributed by atoms with van der Waals surface area (Å²) in [5.74, 6) is -0.0430. The zero-order valence-corrected chi connectivity index (χ0v) is 35.1. The van der Waals surface area contributed by atoms with Crippen molar-refractivity contribution in [2.45, 2.75) is 71.8 Å². The van der Waals surface area contributed by atoms with Crippen molar-refractivity contribution in [1.29, 1.82) is 0 Å². The van der Waals surface area contributed by atoms with Gasteiger partial charge in [0.25, 0.3) is 5.56 Å². The molecule has 1 fully saturated rings. The van der Waals surface area contributed by atoms with E-state index in [1.165, 1.54) is 10.6 Å². The molecule has 16 heteroatoms. The van der Waals surface area contributed by atoms with E-state index in [4.69, 9.17) is 19.2 Å². The van der Waals surface area contributed by atoms with Crippen LogP contribution in [0.4, 0.5) is 4.79 Å². The summed E-state index contributed by atoms with van der Waals surface area (Å²) in [5.41, 5.74) is 4.96. The largest absolute Gasteiger partial charge is 0.508 e. The number of benzene rings is 3. The number of phenolic OH excluding ortho intramolecular Hbond substituents is 2. The first-order chi connectivity index (χ1) is 29.8. The smallest absolute Gasteiger partial charge is 0.411 e. The van der Waals surface area contributed by atoms with Crippen LogP contribution >= 0.6 is 0 Å². The number of pyridine rings is 2. The van der Waals surface area contributed by atoms with Crippen molar-refractivity contribution < 1.29 is 39.1 Å². The molecule has 3 N–H and O–H groups in total. The Morgan fingerprint density at radius 2 is 1.68 bits per heavy atom. The van der Waals surface area contributed by atoms with E-state index < -0.39 is 17.7 Å². The summed E-state index contributed by atoms with van der Waals surface area (Å²) in [5, 5.41) is 40.7. The minimum absolute atomic E-state index is 0.0275. The minimum Gasteiger partial charge on any atom is -0.508 e. The number of cyclic esters (lactones) is 1. The number of hydrogen-bond donors (Lipinski definition) is 3. The molecule has 1 saturated heterocycles. The van der Waals surface area contributed by atoms with Crippen molar-refractivity contribution in [3.05, 3.63) is 104 Å². The number of esters is 1. The van der Waals surface area contributed by atoms with Gasteiger partial charge in [-0.05, 0) is 77.9 Å². The fourth-order valence-electron chi connectivity index (χ4n) is 9.06. The number of carbonyl (C=O) groups is 2. The summed E-state index contributed by atoms with van der Waals surface area (Å²) in [4.78, 5) is 50.7. The van der Waals surface area contributed by atoms with Gasteiger partial charge in [-0.25, -0.2) is 19.1 Å². The third-order valence-corrected chi connectivity index (χ3v) is 12.5. The molecular formula is C46H47N7O9. The molecular weight excluding hydrogens is 795 g/mol. The standard InChI is InChI=1S/C46H47N7O9/c1-6-29-31-18-28(60-5)12-13-36(31)47-40-33(29)23-52-37(40)20-35-34(42(52)56)24-61-43(57)46(35,7-2)62-45(59)51-16-14-50(15-17-51)22-26-8-10-27(11-9-26)53-41(48-49-44(53)58)32-19-30(25(3)4)38(54)21-39(32)55/h8-13,18-21,25,54-55H,6-7,14-17,22-24H2,1-5H3,(H,49,58). The van der Waals surface area contributed by atoms with Gasteiger partial charge in [0.1, 0.15) is 23.9 Å². The van der Waals surface area contributed by atoms with Gasteiger partial charge in [0.05, 0.1) is 47.4 Å². The highest BCUT2D eigenvalue weighted by molar-refractivity contribution is 5.90. The molecule has 1 amide bonds. The van der Waals surface area contributed by atoms with Crippen molar-refractivity contribution in [3.8, 4) is 51.7 Å². The number of phenols is 2. The van der Waals surface area contributed by atoms with E-state index in [1.54, 1.807) is 35.6 Å². The molecule has 3 aliphatic rings. The molecule has 3 aromatic heterocycles. The zero-order valence-electron chi connectivity index (χ0n) is 35.1. The first-order valence-corrected chi connectivity index (χ1v) is 20.8. The van der Waals surface area contributed by atoms with Crippen LogP contribution < -0.4 is 10.3 Å². The fraction of sp³-hybridized carbons (Fsp3) is 0.348. The molecule has 3 aliphatic heterocycles. The summed E-state index contributed by atoms with van der Waals surface area (Å²) >= 11 is 0. The van der Waals surface area contributed by atoms with Crippen LogP contribution in [0.1, 0.15) is 73.4 Å². The lowest BCUT2D eigenvalue weighted by molar-refractivity contribution is -0.173. The summed E-state index contributed by atoms with van der Waals surface area (Å²) in [6, 6.07) is 17.5. The lowest BCUT2D eigenvalue weighted by Crippen LogP contribution is -2.53. The van der Waals surface area contributed by atoms with Crippen LogP contribution in [-0.2, 0) is 46.0 Å². The Morgan fingerprint density at radius 3 is 2.37 bits per heavy atom. The summed E-state index contributed by atoms with van der Waals surface area (Å²) < 4.78 is 20.4. The molecule has 0 bridgehead atoms. The number of fused-ring (bicyclic) bond motifs is 5. The number of rotatable bonds is 9. The molecule has 0 radical (unpaired) electrons. The normalized spacial score (nSPS) is 17.2. The maximum Gasteiger partial charge on any atom is 0.411 e. The summed E-state index contributed by atoms with van der Waals surface area (Å²) in [7, 11) is 1.62. The number of hydrogen-bond acceptors (Lipinski definition) is 13. The van der Waals surface area contributed by atoms with Crippen LogP contribution in [0.2, 0.25) is 0 Å². The lowest BCUT2D eigenvalue weighted by Gasteiger charge is -2.39. The highest BCUT2D eigenvalue weighted by Crippen LogP contribution is 2.43. The van der Waals surface area contributed by atoms with Gasteiger partial charge in [0, 0.05) is 55.3 Å². The Labute approximate surface area is 356 Å². The monoisotopic (exact) mass is 841 g/mol. The second kappa shape index (κ2) is 15.5. The molecule has 0 aliphatic carbocycles. The Hall–Kier alpha value is -6.94. The number of piperazine rings is 1. The maximum atomic E-state index is 14.2. The van der Waals surface area contributed by atoms with Crippen LogP contribution in [0, 0.1) is 0 Å². The first kappa shape index (κ1) is 40.5. The highest BCUT2D eigenvalue weighted by Gasteiger charge is 2.51. The first-order valence-electron chi connectivity index (χ1n) is 20.8. The van der Waals surface area contributed by atoms with Gasteiger partial charge >= 0.3 is 18.1 Å². The topological polar surface area (TPSA) is 195 Å². The van der Waals surface area contributed by atoms with Gasteiger partial charge < -0.3 is 39.0 Å². The van der Waals surface area contributed by atoms with Crippen molar-refractivity contribution in [3.63, 3.8) is 0 Å². The number of aromatic hydroxyl groups is 3. The van der Waals surface area contributed by atoms with Gasteiger partial charge in [-0.1, -0.05) is 44.9 Å². The predicted octanol–water partition coefficient (Wildman–Crippen LogP) is 6.10. The lowest BCUT2D eigenvalue weighted by atomic mass is 9.85. The molecule has 62 heavy (non-hydrogen) atoms. The van der Waals surface area contributed by atoms with Gasteiger partial charge in [-0.3, -0.25) is 9.69 Å². The molecule has 1 atom stereocenters. The van der Waals surface area contributed by atoms with Gasteiger partial charge in [0.2, 0.25) is 5.60 Å². The molecule has 9 rings (SSSR count). The second-order valence-electron chi connectivity index (χ2n) is 16.3. The van der Waals surface area contributed by atoms with Crippen molar-refractivity contribution in [2.75, 3.05) is 33.3 Å². The number of amides is 1. The van der Waals surface area contributed by atoms with Crippen LogP contribution in [0.5, 0.6) is 23.3 Å². The van der Waals surface area contributed by atoms with Crippen LogP contribution in [0.15, 0.2) is 65.5 Å². The second-order valence-corrected chi connectivity index (χ2v) is 16.3. The quantitative estimate of drug-likeness (QED) is 0.141. The Bertz CT molecular complexity index is 2840. The van der Waals surface area contributed by atoms with Crippen molar-refractivity contribution in [2.24, 2.45) is 0 Å². The Morgan fingerprint density at radius 1 is 0.919 bits per heavy atom. The Kier molecular flexibility index (Phi) is 10.1. The van der Waals surface area contributed by atoms with Crippen molar-refractivity contribution in [1.82, 2.24) is 34.1 Å². The van der Waals surface area contributed by atoms with Gasteiger partial charge in [-0.15, -0.1) is 5.10 Å². The average Bonchev–Trinajstić information content (AvgIpc) is 3.84. The van der Waals surface area contributed by atoms with Crippen LogP contribution in [-0.4, -0.2) is 94.8 Å². The molecule has 6 heterocycles. The highest BCUT2D eigenvalue weighted by atomic mass is 16.6. The molecule has 6 aromatic rings. The average molecular weight is 842 g/mol. The molecule has 3 aromatic carbocycles. The van der Waals surface area contributed by atoms with Gasteiger partial charge in [0.15, 0.2) is 5.82 Å². The zero-order chi connectivity index (χ0) is 43.6. The number of methoxy groups -OCH3 is 1. The number of aryl methyl sites for hydroxylation is 1. The van der Waals surface area contributed by atoms with E-state index >= 15 is 0 Å². The fourth-order valence-corrected chi connectivity index (χ4v) is 9.06. The summed E-state index contributed by atoms with van der Waals surface area (Å²) in [6.45, 7) is 10.1. The number of nitrogens with zero attached hydrogens (tertiary/aromatic N) is 7. The van der Waals surface area contributed by atoms with Crippen LogP contribution in [0.3, 0.4) is 0 Å². The predicted molar refractivity (Wildman–Crippen MR) is 227 cm³/mol. The number of carbonyl (C=O) groups excluding carboxylic acids is 2. The van der Waals surface area contributed by atoms with Crippen LogP contribution in [0.25, 0.3) is 39.4 Å². The van der Waals surface area contributed by atoms with E-state index in [0.717, 1.165) is 27.6 Å². The van der Waals surface area contributed by atoms with E-state index in [9.17, 15) is 29.7 Å². The van der Waals surface area contributed by atoms with E-state index in [2.05, 4.69) is 22.0 Å². The van der Waals surface area contributed by atoms with E-state index in [0.29, 0.717) is 85.2 Å². The summed E-state index contributed by atoms with van der Waals surface area (Å²) in [6.07, 6.45) is 0.100. The third kappa shape index (κ3) is 6.56. The molecule has 0 spiro atoms. The molecule has 1 unspecified atom stereocenters. The maximum absolute atomic E-state index is 14.2. The molecule has 320 valence electrons. The van der Waals surface area contributed by atoms with E-state index in [1.807, 2.05) is 56.3 Å². The van der Waals surface area contributed by atoms with Gasteiger partial charge in [-0.2, -0.15) is 0 Å². The molecule has 0 saturated carbocycles. The minimum atomic E-state index is -1.82. The van der Waals surface area contributed by atoms with Crippen molar-refractivity contribution >= 4 is 23.0 Å².